The molecule has 0 radical (unpaired) electrons. The zero-order valence-electron chi connectivity index (χ0n) is 11.6. The lowest BCUT2D eigenvalue weighted by Gasteiger charge is -2.45. The molecule has 2 aromatic rings. The van der Waals surface area contributed by atoms with Gasteiger partial charge in [0.05, 0.1) is 19.1 Å². The van der Waals surface area contributed by atoms with Gasteiger partial charge in [-0.1, -0.05) is 42.5 Å². The van der Waals surface area contributed by atoms with Gasteiger partial charge in [0.1, 0.15) is 5.75 Å². The molecule has 2 atom stereocenters. The van der Waals surface area contributed by atoms with E-state index in [1.165, 1.54) is 5.56 Å². The Morgan fingerprint density at radius 3 is 2.20 bits per heavy atom. The van der Waals surface area contributed by atoms with Gasteiger partial charge in [-0.25, -0.2) is 0 Å². The number of carbonyl (C=O) groups is 1. The molecular formula is C17H17NO2. The third kappa shape index (κ3) is 1.95. The summed E-state index contributed by atoms with van der Waals surface area (Å²) in [4.78, 5) is 14.0. The molecule has 1 fully saturated rings. The van der Waals surface area contributed by atoms with Crippen LogP contribution < -0.4 is 4.74 Å². The van der Waals surface area contributed by atoms with Gasteiger partial charge >= 0.3 is 0 Å². The van der Waals surface area contributed by atoms with Crippen molar-refractivity contribution in [1.82, 2.24) is 4.90 Å². The van der Waals surface area contributed by atoms with E-state index in [0.717, 1.165) is 11.3 Å². The molecule has 0 bridgehead atoms. The lowest BCUT2D eigenvalue weighted by molar-refractivity contribution is -0.147. The largest absolute Gasteiger partial charge is 0.497 e. The molecule has 1 heterocycles. The maximum Gasteiger partial charge on any atom is 0.232 e. The predicted octanol–water partition coefficient (Wildman–Crippen LogP) is 2.99. The van der Waals surface area contributed by atoms with E-state index < -0.39 is 0 Å². The van der Waals surface area contributed by atoms with Crippen molar-refractivity contribution in [2.75, 3.05) is 14.2 Å². The van der Waals surface area contributed by atoms with Gasteiger partial charge in [0.2, 0.25) is 5.91 Å². The maximum atomic E-state index is 12.2. The highest BCUT2D eigenvalue weighted by Gasteiger charge is 2.46. The third-order valence-corrected chi connectivity index (χ3v) is 3.96. The van der Waals surface area contributed by atoms with E-state index in [1.54, 1.807) is 7.11 Å². The van der Waals surface area contributed by atoms with E-state index in [1.807, 2.05) is 54.4 Å². The number of hydrogen-bond donors (Lipinski definition) is 0. The molecule has 0 spiro atoms. The number of β-lactam (4-membered cyclic amide) rings is 1. The van der Waals surface area contributed by atoms with Crippen molar-refractivity contribution in [3.8, 4) is 5.75 Å². The Balaban J connectivity index is 1.92. The first-order chi connectivity index (χ1) is 9.72. The Morgan fingerprint density at radius 2 is 1.60 bits per heavy atom. The number of ether oxygens (including phenoxy) is 1. The zero-order chi connectivity index (χ0) is 14.1. The number of amides is 1. The fourth-order valence-electron chi connectivity index (χ4n) is 2.84. The molecule has 2 aromatic carbocycles. The van der Waals surface area contributed by atoms with E-state index >= 15 is 0 Å². The van der Waals surface area contributed by atoms with Gasteiger partial charge in [-0.3, -0.25) is 4.79 Å². The first-order valence-corrected chi connectivity index (χ1v) is 6.68. The Morgan fingerprint density at radius 1 is 0.950 bits per heavy atom. The molecule has 3 nitrogen and oxygen atoms in total. The minimum absolute atomic E-state index is 0.0895. The molecular weight excluding hydrogens is 250 g/mol. The van der Waals surface area contributed by atoms with Crippen LogP contribution in [0.2, 0.25) is 0 Å². The first kappa shape index (κ1) is 12.7. The van der Waals surface area contributed by atoms with Crippen LogP contribution in [0.4, 0.5) is 0 Å². The molecule has 3 rings (SSSR count). The average molecular weight is 267 g/mol. The maximum absolute atomic E-state index is 12.2. The van der Waals surface area contributed by atoms with Crippen LogP contribution in [0.5, 0.6) is 5.75 Å². The van der Waals surface area contributed by atoms with Gasteiger partial charge in [-0.15, -0.1) is 0 Å². The molecule has 3 heteroatoms. The van der Waals surface area contributed by atoms with Crippen molar-refractivity contribution in [2.45, 2.75) is 12.0 Å². The highest BCUT2D eigenvalue weighted by molar-refractivity contribution is 5.91. The van der Waals surface area contributed by atoms with Crippen molar-refractivity contribution in [2.24, 2.45) is 0 Å². The smallest absolute Gasteiger partial charge is 0.232 e. The standard InChI is InChI=1S/C17H17NO2/c1-18-16(13-6-4-3-5-7-13)15(17(18)19)12-8-10-14(20-2)11-9-12/h3-11,15-16H,1-2H3/t15-,16-/m0/s1. The van der Waals surface area contributed by atoms with Gasteiger partial charge in [0.25, 0.3) is 0 Å². The second-order valence-electron chi connectivity index (χ2n) is 5.06. The fourth-order valence-corrected chi connectivity index (χ4v) is 2.84. The first-order valence-electron chi connectivity index (χ1n) is 6.68. The van der Waals surface area contributed by atoms with Crippen LogP contribution in [0, 0.1) is 0 Å². The van der Waals surface area contributed by atoms with Crippen molar-refractivity contribution in [3.05, 3.63) is 65.7 Å². The minimum Gasteiger partial charge on any atom is -0.497 e. The monoisotopic (exact) mass is 267 g/mol. The number of rotatable bonds is 3. The molecule has 0 unspecified atom stereocenters. The van der Waals surface area contributed by atoms with Gasteiger partial charge in [0, 0.05) is 7.05 Å². The second kappa shape index (κ2) is 5.00. The average Bonchev–Trinajstić information content (AvgIpc) is 2.52. The van der Waals surface area contributed by atoms with Gasteiger partial charge in [-0.05, 0) is 23.3 Å². The van der Waals surface area contributed by atoms with Gasteiger partial charge in [-0.2, -0.15) is 0 Å². The van der Waals surface area contributed by atoms with Crippen molar-refractivity contribution in [1.29, 1.82) is 0 Å². The van der Waals surface area contributed by atoms with Crippen molar-refractivity contribution in [3.63, 3.8) is 0 Å². The lowest BCUT2D eigenvalue weighted by atomic mass is 9.78. The number of likely N-dealkylation sites (tertiary alicyclic amines) is 1. The normalized spacial score (nSPS) is 21.5. The highest BCUT2D eigenvalue weighted by atomic mass is 16.5. The molecule has 102 valence electrons. The number of likely N-dealkylation sites (N-methyl/N-ethyl adjacent to an activating group) is 1. The minimum atomic E-state index is -0.0895. The third-order valence-electron chi connectivity index (χ3n) is 3.96. The summed E-state index contributed by atoms with van der Waals surface area (Å²) < 4.78 is 5.16. The van der Waals surface area contributed by atoms with Crippen LogP contribution >= 0.6 is 0 Å². The lowest BCUT2D eigenvalue weighted by Crippen LogP contribution is -2.50. The Labute approximate surface area is 118 Å². The Hall–Kier alpha value is -2.29. The molecule has 1 aliphatic rings. The van der Waals surface area contributed by atoms with E-state index in [0.29, 0.717) is 0 Å². The zero-order valence-corrected chi connectivity index (χ0v) is 11.6. The van der Waals surface area contributed by atoms with E-state index in [-0.39, 0.29) is 17.9 Å². The summed E-state index contributed by atoms with van der Waals surface area (Å²) in [5.74, 6) is 0.891. The number of carbonyl (C=O) groups excluding carboxylic acids is 1. The summed E-state index contributed by atoms with van der Waals surface area (Å²) in [7, 11) is 3.50. The molecule has 0 aliphatic carbocycles. The van der Waals surface area contributed by atoms with Crippen molar-refractivity contribution >= 4 is 5.91 Å². The topological polar surface area (TPSA) is 29.5 Å². The molecule has 20 heavy (non-hydrogen) atoms. The van der Waals surface area contributed by atoms with Crippen LogP contribution in [0.3, 0.4) is 0 Å². The van der Waals surface area contributed by atoms with Crippen LogP contribution in [-0.2, 0) is 4.79 Å². The van der Waals surface area contributed by atoms with E-state index in [9.17, 15) is 4.79 Å². The van der Waals surface area contributed by atoms with Gasteiger partial charge < -0.3 is 9.64 Å². The van der Waals surface area contributed by atoms with Gasteiger partial charge in [0.15, 0.2) is 0 Å². The summed E-state index contributed by atoms with van der Waals surface area (Å²) in [6, 6.07) is 18.0. The van der Waals surface area contributed by atoms with Crippen LogP contribution in [-0.4, -0.2) is 25.0 Å². The Kier molecular flexibility index (Phi) is 3.18. The summed E-state index contributed by atoms with van der Waals surface area (Å²) in [6.07, 6.45) is 0. The molecule has 0 aromatic heterocycles. The quantitative estimate of drug-likeness (QED) is 0.800. The number of hydrogen-bond acceptors (Lipinski definition) is 2. The molecule has 0 N–H and O–H groups in total. The molecule has 1 amide bonds. The molecule has 0 saturated carbocycles. The van der Waals surface area contributed by atoms with E-state index in [2.05, 4.69) is 12.1 Å². The number of methoxy groups -OCH3 is 1. The molecule has 1 aliphatic heterocycles. The molecule has 1 saturated heterocycles. The highest BCUT2D eigenvalue weighted by Crippen LogP contribution is 2.45. The summed E-state index contributed by atoms with van der Waals surface area (Å²) in [6.45, 7) is 0. The summed E-state index contributed by atoms with van der Waals surface area (Å²) in [5.41, 5.74) is 2.22. The fraction of sp³-hybridized carbons (Fsp3) is 0.235. The van der Waals surface area contributed by atoms with Crippen molar-refractivity contribution < 1.29 is 9.53 Å². The Bertz CT molecular complexity index is 607. The predicted molar refractivity (Wildman–Crippen MR) is 77.7 cm³/mol. The summed E-state index contributed by atoms with van der Waals surface area (Å²) in [5, 5.41) is 0. The van der Waals surface area contributed by atoms with E-state index in [4.69, 9.17) is 4.74 Å². The van der Waals surface area contributed by atoms with Crippen LogP contribution in [0.25, 0.3) is 0 Å². The van der Waals surface area contributed by atoms with Crippen LogP contribution in [0.1, 0.15) is 23.1 Å². The number of nitrogens with zero attached hydrogens (tertiary/aromatic N) is 1. The van der Waals surface area contributed by atoms with Crippen LogP contribution in [0.15, 0.2) is 54.6 Å². The SMILES string of the molecule is COc1ccc([C@@H]2C(=O)N(C)[C@H]2c2ccccc2)cc1. The second-order valence-corrected chi connectivity index (χ2v) is 5.06. The number of benzene rings is 2. The summed E-state index contributed by atoms with van der Waals surface area (Å²) >= 11 is 0.